The number of hydrogen-bond acceptors (Lipinski definition) is 2. The third-order valence-electron chi connectivity index (χ3n) is 3.78. The Bertz CT molecular complexity index is 380. The van der Waals surface area contributed by atoms with E-state index in [1.54, 1.807) is 0 Å². The Morgan fingerprint density at radius 2 is 2.19 bits per heavy atom. The monoisotopic (exact) mass is 280 g/mol. The van der Waals surface area contributed by atoms with Crippen LogP contribution in [0, 0.1) is 0 Å². The summed E-state index contributed by atoms with van der Waals surface area (Å²) in [5, 5.41) is 3.68. The summed E-state index contributed by atoms with van der Waals surface area (Å²) in [7, 11) is 0. The summed E-state index contributed by atoms with van der Waals surface area (Å²) >= 11 is 3.52. The Hall–Kier alpha value is -0.540. The van der Waals surface area contributed by atoms with Gasteiger partial charge >= 0.3 is 0 Å². The number of benzene rings is 1. The van der Waals surface area contributed by atoms with Crippen LogP contribution in [0.5, 0.6) is 0 Å². The maximum Gasteiger partial charge on any atom is 0.0429 e. The lowest BCUT2D eigenvalue weighted by Gasteiger charge is -2.22. The van der Waals surface area contributed by atoms with Gasteiger partial charge in [0, 0.05) is 28.8 Å². The van der Waals surface area contributed by atoms with Gasteiger partial charge < -0.3 is 5.32 Å². The van der Waals surface area contributed by atoms with Gasteiger partial charge in [0.2, 0.25) is 0 Å². The van der Waals surface area contributed by atoms with Crippen LogP contribution in [0.3, 0.4) is 0 Å². The van der Waals surface area contributed by atoms with Crippen molar-refractivity contribution >= 4 is 21.6 Å². The second-order valence-corrected chi connectivity index (χ2v) is 5.71. The third kappa shape index (κ3) is 1.98. The fourth-order valence-electron chi connectivity index (χ4n) is 3.04. The maximum absolute atomic E-state index is 3.68. The summed E-state index contributed by atoms with van der Waals surface area (Å²) in [5.74, 6) is 0. The van der Waals surface area contributed by atoms with Crippen molar-refractivity contribution in [3.8, 4) is 0 Å². The third-order valence-corrected chi connectivity index (χ3v) is 4.28. The number of fused-ring (bicyclic) bond motifs is 1. The lowest BCUT2D eigenvalue weighted by atomic mass is 10.1. The zero-order valence-corrected chi connectivity index (χ0v) is 10.9. The molecule has 0 aromatic heterocycles. The quantitative estimate of drug-likeness (QED) is 0.896. The molecule has 0 spiro atoms. The molecule has 2 aliphatic heterocycles. The molecule has 2 nitrogen and oxygen atoms in total. The summed E-state index contributed by atoms with van der Waals surface area (Å²) in [6, 6.07) is 9.91. The maximum atomic E-state index is 3.68. The van der Waals surface area contributed by atoms with E-state index in [1.807, 2.05) is 0 Å². The molecule has 0 amide bonds. The molecule has 1 aromatic carbocycles. The van der Waals surface area contributed by atoms with Crippen LogP contribution in [0.4, 0.5) is 5.69 Å². The lowest BCUT2D eigenvalue weighted by molar-refractivity contribution is 0.318. The molecule has 3 heteroatoms. The minimum absolute atomic E-state index is 0.650. The summed E-state index contributed by atoms with van der Waals surface area (Å²) in [5.41, 5.74) is 1.24. The molecule has 0 saturated carbocycles. The predicted octanol–water partition coefficient (Wildman–Crippen LogP) is 3.10. The fourth-order valence-corrected chi connectivity index (χ4v) is 3.44. The molecule has 16 heavy (non-hydrogen) atoms. The average molecular weight is 281 g/mol. The average Bonchev–Trinajstić information content (AvgIpc) is 2.83. The van der Waals surface area contributed by atoms with Gasteiger partial charge in [0.15, 0.2) is 0 Å². The zero-order chi connectivity index (χ0) is 11.0. The highest BCUT2D eigenvalue weighted by atomic mass is 79.9. The molecule has 86 valence electrons. The van der Waals surface area contributed by atoms with Crippen LogP contribution in [0.1, 0.15) is 19.3 Å². The summed E-state index contributed by atoms with van der Waals surface area (Å²) in [6.45, 7) is 2.58. The number of nitrogens with one attached hydrogen (secondary N) is 1. The van der Waals surface area contributed by atoms with Crippen LogP contribution in [-0.4, -0.2) is 30.1 Å². The van der Waals surface area contributed by atoms with Gasteiger partial charge in [-0.1, -0.05) is 22.0 Å². The zero-order valence-electron chi connectivity index (χ0n) is 9.32. The van der Waals surface area contributed by atoms with Gasteiger partial charge in [-0.25, -0.2) is 0 Å². The van der Waals surface area contributed by atoms with Crippen molar-refractivity contribution in [2.75, 3.05) is 18.4 Å². The second-order valence-electron chi connectivity index (χ2n) is 4.80. The minimum Gasteiger partial charge on any atom is -0.381 e. The summed E-state index contributed by atoms with van der Waals surface area (Å²) in [6.07, 6.45) is 4.03. The summed E-state index contributed by atoms with van der Waals surface area (Å²) < 4.78 is 1.15. The number of nitrogens with zero attached hydrogens (tertiary/aromatic N) is 1. The van der Waals surface area contributed by atoms with Gasteiger partial charge in [0.05, 0.1) is 0 Å². The highest BCUT2D eigenvalue weighted by molar-refractivity contribution is 9.10. The van der Waals surface area contributed by atoms with Crippen molar-refractivity contribution in [2.45, 2.75) is 31.3 Å². The first-order chi connectivity index (χ1) is 7.83. The molecule has 0 bridgehead atoms. The van der Waals surface area contributed by atoms with Crippen LogP contribution in [0.25, 0.3) is 0 Å². The van der Waals surface area contributed by atoms with E-state index >= 15 is 0 Å². The van der Waals surface area contributed by atoms with Crippen molar-refractivity contribution in [3.63, 3.8) is 0 Å². The van der Waals surface area contributed by atoms with E-state index in [0.717, 1.165) is 10.5 Å². The lowest BCUT2D eigenvalue weighted by Crippen LogP contribution is -2.33. The van der Waals surface area contributed by atoms with Crippen molar-refractivity contribution in [1.82, 2.24) is 4.90 Å². The number of halogens is 1. The number of anilines is 1. The molecule has 2 unspecified atom stereocenters. The van der Waals surface area contributed by atoms with E-state index in [-0.39, 0.29) is 0 Å². The first-order valence-corrected chi connectivity index (χ1v) is 6.88. The standard InChI is InChI=1S/C13H17BrN2/c14-10-3-1-4-11(9-10)15-12-6-8-16-7-2-5-13(12)16/h1,3-4,9,12-13,15H,2,5-8H2. The SMILES string of the molecule is Brc1cccc(NC2CCN3CCCC23)c1. The molecule has 2 aliphatic rings. The van der Waals surface area contributed by atoms with E-state index in [0.29, 0.717) is 6.04 Å². The smallest absolute Gasteiger partial charge is 0.0429 e. The van der Waals surface area contributed by atoms with Crippen molar-refractivity contribution in [2.24, 2.45) is 0 Å². The predicted molar refractivity (Wildman–Crippen MR) is 70.8 cm³/mol. The normalized spacial score (nSPS) is 29.3. The van der Waals surface area contributed by atoms with E-state index in [4.69, 9.17) is 0 Å². The van der Waals surface area contributed by atoms with Crippen LogP contribution in [0.15, 0.2) is 28.7 Å². The van der Waals surface area contributed by atoms with Gasteiger partial charge in [-0.15, -0.1) is 0 Å². The van der Waals surface area contributed by atoms with Gasteiger partial charge in [0.25, 0.3) is 0 Å². The summed E-state index contributed by atoms with van der Waals surface area (Å²) in [4.78, 5) is 2.63. The largest absolute Gasteiger partial charge is 0.381 e. The Morgan fingerprint density at radius 3 is 3.06 bits per heavy atom. The molecule has 0 radical (unpaired) electrons. The Kier molecular flexibility index (Phi) is 2.90. The van der Waals surface area contributed by atoms with E-state index < -0.39 is 0 Å². The topological polar surface area (TPSA) is 15.3 Å². The molecule has 2 fully saturated rings. The molecular weight excluding hydrogens is 264 g/mol. The molecule has 3 rings (SSSR count). The Labute approximate surface area is 105 Å². The van der Waals surface area contributed by atoms with E-state index in [2.05, 4.69) is 50.4 Å². The van der Waals surface area contributed by atoms with Crippen molar-refractivity contribution in [1.29, 1.82) is 0 Å². The van der Waals surface area contributed by atoms with Gasteiger partial charge in [-0.3, -0.25) is 4.90 Å². The van der Waals surface area contributed by atoms with Gasteiger partial charge in [-0.2, -0.15) is 0 Å². The van der Waals surface area contributed by atoms with Crippen LogP contribution >= 0.6 is 15.9 Å². The first-order valence-electron chi connectivity index (χ1n) is 6.09. The van der Waals surface area contributed by atoms with E-state index in [1.165, 1.54) is 38.0 Å². The van der Waals surface area contributed by atoms with Gasteiger partial charge in [-0.05, 0) is 44.0 Å². The number of rotatable bonds is 2. The first kappa shape index (κ1) is 10.6. The molecular formula is C13H17BrN2. The highest BCUT2D eigenvalue weighted by Crippen LogP contribution is 2.30. The number of hydrogen-bond donors (Lipinski definition) is 1. The molecule has 2 heterocycles. The highest BCUT2D eigenvalue weighted by Gasteiger charge is 2.36. The fraction of sp³-hybridized carbons (Fsp3) is 0.538. The Morgan fingerprint density at radius 1 is 1.25 bits per heavy atom. The van der Waals surface area contributed by atoms with E-state index in [9.17, 15) is 0 Å². The molecule has 1 N–H and O–H groups in total. The van der Waals surface area contributed by atoms with Crippen molar-refractivity contribution < 1.29 is 0 Å². The van der Waals surface area contributed by atoms with Gasteiger partial charge in [0.1, 0.15) is 0 Å². The molecule has 0 aliphatic carbocycles. The molecule has 1 aromatic rings. The Balaban J connectivity index is 1.71. The molecule has 2 saturated heterocycles. The minimum atomic E-state index is 0.650. The van der Waals surface area contributed by atoms with Crippen LogP contribution in [0.2, 0.25) is 0 Å². The second kappa shape index (κ2) is 4.38. The molecule has 2 atom stereocenters. The van der Waals surface area contributed by atoms with Crippen LogP contribution < -0.4 is 5.32 Å². The van der Waals surface area contributed by atoms with Crippen molar-refractivity contribution in [3.05, 3.63) is 28.7 Å². The van der Waals surface area contributed by atoms with Crippen LogP contribution in [-0.2, 0) is 0 Å².